The van der Waals surface area contributed by atoms with Crippen LogP contribution >= 0.6 is 0 Å². The van der Waals surface area contributed by atoms with Crippen molar-refractivity contribution in [2.24, 2.45) is 17.8 Å². The molecule has 1 saturated carbocycles. The highest BCUT2D eigenvalue weighted by Crippen LogP contribution is 2.33. The van der Waals surface area contributed by atoms with Crippen LogP contribution in [-0.2, 0) is 0 Å². The van der Waals surface area contributed by atoms with E-state index in [1.165, 1.54) is 32.4 Å². The van der Waals surface area contributed by atoms with Crippen molar-refractivity contribution in [3.63, 3.8) is 0 Å². The van der Waals surface area contributed by atoms with Crippen molar-refractivity contribution in [2.75, 3.05) is 19.6 Å². The van der Waals surface area contributed by atoms with Gasteiger partial charge in [0.15, 0.2) is 0 Å². The minimum Gasteiger partial charge on any atom is -0.392 e. The maximum absolute atomic E-state index is 9.87. The molecule has 0 bridgehead atoms. The lowest BCUT2D eigenvalue weighted by Gasteiger charge is -2.36. The monoisotopic (exact) mass is 197 g/mol. The van der Waals surface area contributed by atoms with E-state index in [-0.39, 0.29) is 6.10 Å². The predicted molar refractivity (Wildman–Crippen MR) is 58.1 cm³/mol. The zero-order chi connectivity index (χ0) is 10.1. The van der Waals surface area contributed by atoms with Crippen LogP contribution in [0.4, 0.5) is 0 Å². The van der Waals surface area contributed by atoms with Crippen molar-refractivity contribution in [1.29, 1.82) is 0 Å². The number of β-amino-alcohol motifs (C(OH)–C–C–N with tert-alkyl or cyclic N) is 1. The molecule has 1 N–H and O–H groups in total. The average molecular weight is 197 g/mol. The third kappa shape index (κ3) is 2.71. The zero-order valence-electron chi connectivity index (χ0n) is 9.45. The van der Waals surface area contributed by atoms with Gasteiger partial charge in [-0.2, -0.15) is 0 Å². The molecule has 1 saturated heterocycles. The van der Waals surface area contributed by atoms with Crippen LogP contribution in [0.2, 0.25) is 0 Å². The van der Waals surface area contributed by atoms with Gasteiger partial charge in [-0.25, -0.2) is 0 Å². The highest BCUT2D eigenvalue weighted by molar-refractivity contribution is 4.85. The standard InChI is InChI=1S/C12H23NO/c1-9-5-10(2)7-13(6-9)8-12(14)11-3-4-11/h9-12,14H,3-8H2,1-2H3. The molecule has 14 heavy (non-hydrogen) atoms. The van der Waals surface area contributed by atoms with Crippen LogP contribution in [0.3, 0.4) is 0 Å². The summed E-state index contributed by atoms with van der Waals surface area (Å²) in [6.07, 6.45) is 3.81. The minimum atomic E-state index is -0.0486. The fourth-order valence-electron chi connectivity index (χ4n) is 2.84. The van der Waals surface area contributed by atoms with Crippen LogP contribution in [0.5, 0.6) is 0 Å². The number of aliphatic hydroxyl groups is 1. The summed E-state index contributed by atoms with van der Waals surface area (Å²) in [7, 11) is 0. The van der Waals surface area contributed by atoms with Crippen LogP contribution in [0, 0.1) is 17.8 Å². The topological polar surface area (TPSA) is 23.5 Å². The van der Waals surface area contributed by atoms with E-state index in [4.69, 9.17) is 0 Å². The van der Waals surface area contributed by atoms with Gasteiger partial charge in [0, 0.05) is 19.6 Å². The molecule has 2 rings (SSSR count). The minimum absolute atomic E-state index is 0.0486. The summed E-state index contributed by atoms with van der Waals surface area (Å²) in [6, 6.07) is 0. The van der Waals surface area contributed by atoms with Crippen LogP contribution in [0.1, 0.15) is 33.1 Å². The summed E-state index contributed by atoms with van der Waals surface area (Å²) in [4.78, 5) is 2.46. The molecule has 0 aromatic rings. The summed E-state index contributed by atoms with van der Waals surface area (Å²) in [5.74, 6) is 2.25. The summed E-state index contributed by atoms with van der Waals surface area (Å²) >= 11 is 0. The molecule has 2 aliphatic rings. The Labute approximate surface area is 87.3 Å². The summed E-state index contributed by atoms with van der Waals surface area (Å²) in [6.45, 7) is 7.94. The van der Waals surface area contributed by atoms with E-state index in [0.29, 0.717) is 5.92 Å². The second-order valence-corrected chi connectivity index (χ2v) is 5.57. The summed E-state index contributed by atoms with van der Waals surface area (Å²) < 4.78 is 0. The molecule has 1 heterocycles. The molecule has 2 heteroatoms. The Kier molecular flexibility index (Phi) is 3.13. The molecule has 1 aliphatic heterocycles. The normalized spacial score (nSPS) is 37.1. The van der Waals surface area contributed by atoms with Crippen LogP contribution < -0.4 is 0 Å². The highest BCUT2D eigenvalue weighted by atomic mass is 16.3. The second-order valence-electron chi connectivity index (χ2n) is 5.57. The molecule has 3 unspecified atom stereocenters. The van der Waals surface area contributed by atoms with Gasteiger partial charge in [-0.05, 0) is 37.0 Å². The Morgan fingerprint density at radius 3 is 2.29 bits per heavy atom. The van der Waals surface area contributed by atoms with Crippen LogP contribution in [0.25, 0.3) is 0 Å². The third-order valence-corrected chi connectivity index (χ3v) is 3.56. The van der Waals surface area contributed by atoms with Gasteiger partial charge in [0.05, 0.1) is 6.10 Å². The Bertz CT molecular complexity index is 181. The molecule has 0 aromatic carbocycles. The molecule has 0 aromatic heterocycles. The van der Waals surface area contributed by atoms with Gasteiger partial charge in [0.25, 0.3) is 0 Å². The number of hydrogen-bond acceptors (Lipinski definition) is 2. The number of aliphatic hydroxyl groups excluding tert-OH is 1. The first kappa shape index (κ1) is 10.4. The zero-order valence-corrected chi connectivity index (χ0v) is 9.45. The lowest BCUT2D eigenvalue weighted by Crippen LogP contribution is -2.43. The number of nitrogens with zero attached hydrogens (tertiary/aromatic N) is 1. The van der Waals surface area contributed by atoms with Crippen LogP contribution in [0.15, 0.2) is 0 Å². The van der Waals surface area contributed by atoms with Crippen molar-refractivity contribution in [3.05, 3.63) is 0 Å². The van der Waals surface area contributed by atoms with E-state index in [1.54, 1.807) is 0 Å². The Morgan fingerprint density at radius 1 is 1.21 bits per heavy atom. The van der Waals surface area contributed by atoms with Gasteiger partial charge in [0.1, 0.15) is 0 Å². The van der Waals surface area contributed by atoms with E-state index in [1.807, 2.05) is 0 Å². The summed E-state index contributed by atoms with van der Waals surface area (Å²) in [5.41, 5.74) is 0. The Balaban J connectivity index is 1.78. The van der Waals surface area contributed by atoms with Gasteiger partial charge in [-0.1, -0.05) is 13.8 Å². The number of piperidine rings is 1. The first-order valence-corrected chi connectivity index (χ1v) is 6.05. The first-order valence-electron chi connectivity index (χ1n) is 6.05. The quantitative estimate of drug-likeness (QED) is 0.745. The van der Waals surface area contributed by atoms with Crippen molar-refractivity contribution in [1.82, 2.24) is 4.90 Å². The molecule has 82 valence electrons. The summed E-state index contributed by atoms with van der Waals surface area (Å²) in [5, 5.41) is 9.87. The van der Waals surface area contributed by atoms with Gasteiger partial charge in [-0.15, -0.1) is 0 Å². The molecule has 0 amide bonds. The average Bonchev–Trinajstić information content (AvgIpc) is 2.82. The number of likely N-dealkylation sites (tertiary alicyclic amines) is 1. The maximum Gasteiger partial charge on any atom is 0.0695 e. The first-order chi connectivity index (χ1) is 6.65. The smallest absolute Gasteiger partial charge is 0.0695 e. The molecule has 2 fully saturated rings. The fourth-order valence-corrected chi connectivity index (χ4v) is 2.84. The van der Waals surface area contributed by atoms with Crippen molar-refractivity contribution >= 4 is 0 Å². The molecular weight excluding hydrogens is 174 g/mol. The van der Waals surface area contributed by atoms with E-state index >= 15 is 0 Å². The largest absolute Gasteiger partial charge is 0.392 e. The van der Waals surface area contributed by atoms with Gasteiger partial charge in [0.2, 0.25) is 0 Å². The number of rotatable bonds is 3. The number of hydrogen-bond donors (Lipinski definition) is 1. The van der Waals surface area contributed by atoms with E-state index in [9.17, 15) is 5.11 Å². The third-order valence-electron chi connectivity index (χ3n) is 3.56. The molecule has 0 spiro atoms. The van der Waals surface area contributed by atoms with Crippen molar-refractivity contribution < 1.29 is 5.11 Å². The van der Waals surface area contributed by atoms with Gasteiger partial charge < -0.3 is 10.0 Å². The SMILES string of the molecule is CC1CC(C)CN(CC(O)C2CC2)C1. The highest BCUT2D eigenvalue weighted by Gasteiger charge is 2.32. The van der Waals surface area contributed by atoms with E-state index < -0.39 is 0 Å². The lowest BCUT2D eigenvalue weighted by molar-refractivity contribution is 0.0591. The predicted octanol–water partition coefficient (Wildman–Crippen LogP) is 1.74. The fraction of sp³-hybridized carbons (Fsp3) is 1.00. The molecule has 3 atom stereocenters. The van der Waals surface area contributed by atoms with Crippen LogP contribution in [-0.4, -0.2) is 35.7 Å². The molecule has 2 nitrogen and oxygen atoms in total. The van der Waals surface area contributed by atoms with Crippen molar-refractivity contribution in [2.45, 2.75) is 39.2 Å². The van der Waals surface area contributed by atoms with E-state index in [0.717, 1.165) is 18.4 Å². The molecule has 0 radical (unpaired) electrons. The molecule has 1 aliphatic carbocycles. The Hall–Kier alpha value is -0.0800. The second kappa shape index (κ2) is 4.19. The maximum atomic E-state index is 9.87. The lowest BCUT2D eigenvalue weighted by atomic mass is 9.91. The Morgan fingerprint density at radius 2 is 1.79 bits per heavy atom. The van der Waals surface area contributed by atoms with Gasteiger partial charge in [-0.3, -0.25) is 0 Å². The van der Waals surface area contributed by atoms with Crippen molar-refractivity contribution in [3.8, 4) is 0 Å². The van der Waals surface area contributed by atoms with Gasteiger partial charge >= 0.3 is 0 Å². The molecular formula is C12H23NO. The van der Waals surface area contributed by atoms with E-state index in [2.05, 4.69) is 18.7 Å².